The van der Waals surface area contributed by atoms with Crippen LogP contribution in [0.5, 0.6) is 0 Å². The van der Waals surface area contributed by atoms with Crippen molar-refractivity contribution in [1.29, 1.82) is 0 Å². The number of benzene rings is 1. The second kappa shape index (κ2) is 6.25. The number of hydrogen-bond donors (Lipinski definition) is 1. The van der Waals surface area contributed by atoms with E-state index < -0.39 is 17.8 Å². The third kappa shape index (κ3) is 3.07. The number of carbonyl (C=O) groups is 2. The number of amides is 2. The van der Waals surface area contributed by atoms with Crippen LogP contribution in [-0.2, 0) is 4.79 Å². The lowest BCUT2D eigenvalue weighted by Crippen LogP contribution is -2.47. The Bertz CT molecular complexity index is 733. The van der Waals surface area contributed by atoms with Crippen LogP contribution < -0.4 is 10.2 Å². The molecule has 120 valence electrons. The molecular weight excluding hydrogens is 341 g/mol. The Hall–Kier alpha value is -1.99. The molecule has 23 heavy (non-hydrogen) atoms. The largest absolute Gasteiger partial charge is 0.354 e. The average molecular weight is 354 g/mol. The summed E-state index contributed by atoms with van der Waals surface area (Å²) in [6.45, 7) is 2.31. The van der Waals surface area contributed by atoms with Crippen LogP contribution in [0.15, 0.2) is 29.9 Å². The number of halogens is 2. The molecule has 0 spiro atoms. The Kier molecular flexibility index (Phi) is 4.32. The molecule has 1 aliphatic heterocycles. The zero-order valence-corrected chi connectivity index (χ0v) is 13.7. The third-order valence-corrected chi connectivity index (χ3v) is 4.65. The SMILES string of the molecule is C[C@H]1CNC(=O)[C@H]1N(C(=O)c1cncs1)c1cc(F)cc(Cl)c1. The normalized spacial score (nSPS) is 20.4. The summed E-state index contributed by atoms with van der Waals surface area (Å²) in [7, 11) is 0. The van der Waals surface area contributed by atoms with Gasteiger partial charge in [-0.2, -0.15) is 0 Å². The second-order valence-corrected chi connectivity index (χ2v) is 6.66. The maximum Gasteiger partial charge on any atom is 0.270 e. The maximum atomic E-state index is 13.7. The molecule has 5 nitrogen and oxygen atoms in total. The van der Waals surface area contributed by atoms with E-state index in [0.29, 0.717) is 11.4 Å². The number of thiazole rings is 1. The third-order valence-electron chi connectivity index (χ3n) is 3.67. The Morgan fingerprint density at radius 2 is 2.26 bits per heavy atom. The minimum Gasteiger partial charge on any atom is -0.354 e. The second-order valence-electron chi connectivity index (χ2n) is 5.34. The molecule has 0 unspecified atom stereocenters. The first kappa shape index (κ1) is 15.9. The van der Waals surface area contributed by atoms with E-state index in [9.17, 15) is 14.0 Å². The fourth-order valence-corrected chi connectivity index (χ4v) is 3.40. The van der Waals surface area contributed by atoms with Gasteiger partial charge in [-0.25, -0.2) is 4.39 Å². The lowest BCUT2D eigenvalue weighted by molar-refractivity contribution is -0.120. The minimum absolute atomic E-state index is 0.110. The van der Waals surface area contributed by atoms with Crippen molar-refractivity contribution in [3.63, 3.8) is 0 Å². The first-order chi connectivity index (χ1) is 11.0. The highest BCUT2D eigenvalue weighted by molar-refractivity contribution is 7.11. The molecule has 2 atom stereocenters. The number of anilines is 1. The summed E-state index contributed by atoms with van der Waals surface area (Å²) < 4.78 is 13.7. The standard InChI is InChI=1S/C15H13ClFN3O2S/c1-8-5-19-14(21)13(8)20(15(22)12-6-18-7-23-12)11-3-9(16)2-10(17)4-11/h2-4,6-8,13H,5H2,1H3,(H,19,21)/t8-,13-/m0/s1. The molecule has 0 radical (unpaired) electrons. The van der Waals surface area contributed by atoms with Gasteiger partial charge in [0.15, 0.2) is 0 Å². The van der Waals surface area contributed by atoms with Gasteiger partial charge in [0, 0.05) is 23.2 Å². The van der Waals surface area contributed by atoms with Gasteiger partial charge in [-0.3, -0.25) is 19.5 Å². The van der Waals surface area contributed by atoms with Crippen molar-refractivity contribution in [3.8, 4) is 0 Å². The van der Waals surface area contributed by atoms with Crippen LogP contribution in [0.1, 0.15) is 16.6 Å². The summed E-state index contributed by atoms with van der Waals surface area (Å²) in [5, 5.41) is 2.89. The van der Waals surface area contributed by atoms with E-state index in [2.05, 4.69) is 10.3 Å². The van der Waals surface area contributed by atoms with Crippen LogP contribution in [0.3, 0.4) is 0 Å². The first-order valence-electron chi connectivity index (χ1n) is 6.93. The van der Waals surface area contributed by atoms with Crippen molar-refractivity contribution < 1.29 is 14.0 Å². The molecule has 1 fully saturated rings. The Balaban J connectivity index is 2.09. The number of nitrogens with one attached hydrogen (secondary N) is 1. The topological polar surface area (TPSA) is 62.3 Å². The van der Waals surface area contributed by atoms with Gasteiger partial charge in [-0.15, -0.1) is 11.3 Å². The van der Waals surface area contributed by atoms with Crippen LogP contribution in [0.2, 0.25) is 5.02 Å². The average Bonchev–Trinajstić information content (AvgIpc) is 3.11. The summed E-state index contributed by atoms with van der Waals surface area (Å²) in [5.74, 6) is -1.35. The molecule has 0 saturated carbocycles. The van der Waals surface area contributed by atoms with Gasteiger partial charge >= 0.3 is 0 Å². The molecule has 0 aliphatic carbocycles. The zero-order valence-electron chi connectivity index (χ0n) is 12.1. The lowest BCUT2D eigenvalue weighted by Gasteiger charge is -2.29. The van der Waals surface area contributed by atoms with E-state index in [1.54, 1.807) is 0 Å². The summed E-state index contributed by atoms with van der Waals surface area (Å²) in [5.41, 5.74) is 1.78. The maximum absolute atomic E-state index is 13.7. The quantitative estimate of drug-likeness (QED) is 0.922. The Morgan fingerprint density at radius 1 is 1.48 bits per heavy atom. The van der Waals surface area contributed by atoms with Crippen molar-refractivity contribution >= 4 is 40.4 Å². The van der Waals surface area contributed by atoms with E-state index in [1.807, 2.05) is 6.92 Å². The highest BCUT2D eigenvalue weighted by atomic mass is 35.5. The molecule has 8 heteroatoms. The van der Waals surface area contributed by atoms with E-state index >= 15 is 0 Å². The molecule has 3 rings (SSSR count). The molecule has 1 saturated heterocycles. The molecule has 2 heterocycles. The molecular formula is C15H13ClFN3O2S. The van der Waals surface area contributed by atoms with Gasteiger partial charge in [0.25, 0.3) is 5.91 Å². The zero-order chi connectivity index (χ0) is 16.6. The van der Waals surface area contributed by atoms with Crippen LogP contribution in [-0.4, -0.2) is 29.4 Å². The van der Waals surface area contributed by atoms with E-state index in [0.717, 1.165) is 17.4 Å². The predicted octanol–water partition coefficient (Wildman–Crippen LogP) is 2.72. The summed E-state index contributed by atoms with van der Waals surface area (Å²) in [6, 6.07) is 3.10. The van der Waals surface area contributed by atoms with Gasteiger partial charge in [-0.05, 0) is 18.2 Å². The van der Waals surface area contributed by atoms with Gasteiger partial charge in [0.1, 0.15) is 16.7 Å². The van der Waals surface area contributed by atoms with Crippen LogP contribution >= 0.6 is 22.9 Å². The van der Waals surface area contributed by atoms with Crippen LogP contribution in [0.25, 0.3) is 0 Å². The van der Waals surface area contributed by atoms with Crippen LogP contribution in [0, 0.1) is 11.7 Å². The summed E-state index contributed by atoms with van der Waals surface area (Å²) in [6.07, 6.45) is 1.43. The number of nitrogens with zero attached hydrogens (tertiary/aromatic N) is 2. The summed E-state index contributed by atoms with van der Waals surface area (Å²) >= 11 is 7.08. The Morgan fingerprint density at radius 3 is 2.83 bits per heavy atom. The van der Waals surface area contributed by atoms with Gasteiger partial charge in [0.05, 0.1) is 11.7 Å². The van der Waals surface area contributed by atoms with Gasteiger partial charge in [-0.1, -0.05) is 18.5 Å². The van der Waals surface area contributed by atoms with Crippen molar-refractivity contribution in [2.75, 3.05) is 11.4 Å². The van der Waals surface area contributed by atoms with Crippen molar-refractivity contribution in [2.45, 2.75) is 13.0 Å². The predicted molar refractivity (Wildman–Crippen MR) is 86.3 cm³/mol. The number of rotatable bonds is 3. The highest BCUT2D eigenvalue weighted by Gasteiger charge is 2.40. The minimum atomic E-state index is -0.720. The molecule has 1 aliphatic rings. The van der Waals surface area contributed by atoms with E-state index in [1.165, 1.54) is 28.7 Å². The molecule has 1 N–H and O–H groups in total. The first-order valence-corrected chi connectivity index (χ1v) is 8.19. The molecule has 0 bridgehead atoms. The van der Waals surface area contributed by atoms with Gasteiger partial charge < -0.3 is 5.32 Å². The summed E-state index contributed by atoms with van der Waals surface area (Å²) in [4.78, 5) is 30.6. The van der Waals surface area contributed by atoms with Crippen molar-refractivity contribution in [2.24, 2.45) is 5.92 Å². The highest BCUT2D eigenvalue weighted by Crippen LogP contribution is 2.30. The fourth-order valence-electron chi connectivity index (χ4n) is 2.63. The van der Waals surface area contributed by atoms with E-state index in [4.69, 9.17) is 11.6 Å². The lowest BCUT2D eigenvalue weighted by atomic mass is 10.0. The van der Waals surface area contributed by atoms with Gasteiger partial charge in [0.2, 0.25) is 5.91 Å². The number of aromatic nitrogens is 1. The fraction of sp³-hybridized carbons (Fsp3) is 0.267. The smallest absolute Gasteiger partial charge is 0.270 e. The van der Waals surface area contributed by atoms with Crippen LogP contribution in [0.4, 0.5) is 10.1 Å². The monoisotopic (exact) mass is 353 g/mol. The number of hydrogen-bond acceptors (Lipinski definition) is 4. The van der Waals surface area contributed by atoms with E-state index in [-0.39, 0.29) is 22.5 Å². The number of carbonyl (C=O) groups excluding carboxylic acids is 2. The van der Waals surface area contributed by atoms with Crippen molar-refractivity contribution in [1.82, 2.24) is 10.3 Å². The Labute approximate surface area is 141 Å². The molecule has 1 aromatic heterocycles. The molecule has 1 aromatic carbocycles. The molecule has 2 aromatic rings. The molecule has 2 amide bonds. The van der Waals surface area contributed by atoms with Crippen molar-refractivity contribution in [3.05, 3.63) is 45.6 Å².